The molecule has 1 spiro atoms. The van der Waals surface area contributed by atoms with Crippen molar-refractivity contribution in [1.29, 1.82) is 0 Å². The monoisotopic (exact) mass is 687 g/mol. The molecule has 0 saturated carbocycles. The molecule has 4 heterocycles. The van der Waals surface area contributed by atoms with Crippen molar-refractivity contribution in [2.45, 2.75) is 141 Å². The van der Waals surface area contributed by atoms with E-state index < -0.39 is 29.9 Å². The molecular weight excluding hydrogens is 630 g/mol. The third kappa shape index (κ3) is 10.7. The molecule has 4 aliphatic heterocycles. The summed E-state index contributed by atoms with van der Waals surface area (Å²) in [5.74, 6) is -0.224. The molecule has 4 fully saturated rings. The molecular formula is C37H57N3O9. The molecule has 4 aliphatic rings. The van der Waals surface area contributed by atoms with Crippen LogP contribution in [-0.2, 0) is 33.3 Å². The van der Waals surface area contributed by atoms with Gasteiger partial charge in [-0.15, -0.1) is 0 Å². The number of piperidine rings is 1. The number of ether oxygens (including phenoxy) is 4. The molecule has 274 valence electrons. The van der Waals surface area contributed by atoms with Gasteiger partial charge in [0.05, 0.1) is 31.3 Å². The number of carbonyl (C=O) groups is 4. The van der Waals surface area contributed by atoms with Crippen molar-refractivity contribution in [1.82, 2.24) is 15.5 Å². The summed E-state index contributed by atoms with van der Waals surface area (Å²) < 4.78 is 24.3. The van der Waals surface area contributed by atoms with Gasteiger partial charge in [-0.05, 0) is 63.9 Å². The normalized spacial score (nSPS) is 35.8. The van der Waals surface area contributed by atoms with Crippen LogP contribution in [0.1, 0.15) is 86.5 Å². The first kappa shape index (κ1) is 38.7. The van der Waals surface area contributed by atoms with Gasteiger partial charge in [0.2, 0.25) is 5.91 Å². The molecule has 0 radical (unpaired) electrons. The van der Waals surface area contributed by atoms with Crippen LogP contribution in [-0.4, -0.2) is 108 Å². The predicted octanol–water partition coefficient (Wildman–Crippen LogP) is 4.33. The van der Waals surface area contributed by atoms with E-state index in [4.69, 9.17) is 18.9 Å². The van der Waals surface area contributed by atoms with Crippen molar-refractivity contribution in [2.75, 3.05) is 19.7 Å². The molecule has 12 nitrogen and oxygen atoms in total. The van der Waals surface area contributed by atoms with E-state index in [0.717, 1.165) is 44.0 Å². The number of hydrogen-bond acceptors (Lipinski definition) is 9. The maximum atomic E-state index is 12.4. The highest BCUT2D eigenvalue weighted by atomic mass is 16.7. The fourth-order valence-corrected chi connectivity index (χ4v) is 7.58. The first-order valence-electron chi connectivity index (χ1n) is 18.0. The summed E-state index contributed by atoms with van der Waals surface area (Å²) in [6, 6.07) is -0.0144. The quantitative estimate of drug-likeness (QED) is 0.0790. The topological polar surface area (TPSA) is 156 Å². The van der Waals surface area contributed by atoms with E-state index in [1.807, 2.05) is 32.9 Å². The van der Waals surface area contributed by atoms with E-state index in [0.29, 0.717) is 26.1 Å². The van der Waals surface area contributed by atoms with Crippen molar-refractivity contribution in [3.05, 3.63) is 36.0 Å². The van der Waals surface area contributed by atoms with Gasteiger partial charge in [-0.1, -0.05) is 50.6 Å². The van der Waals surface area contributed by atoms with Crippen LogP contribution in [0.2, 0.25) is 0 Å². The molecule has 3 N–H and O–H groups in total. The van der Waals surface area contributed by atoms with Gasteiger partial charge < -0.3 is 39.6 Å². The second-order valence-electron chi connectivity index (χ2n) is 14.4. The number of amides is 2. The molecule has 0 aromatic rings. The summed E-state index contributed by atoms with van der Waals surface area (Å²) in [5, 5.41) is 16.5. The van der Waals surface area contributed by atoms with Crippen LogP contribution < -0.4 is 10.6 Å². The second kappa shape index (κ2) is 17.7. The van der Waals surface area contributed by atoms with Crippen LogP contribution >= 0.6 is 0 Å². The Labute approximate surface area is 291 Å². The van der Waals surface area contributed by atoms with Crippen LogP contribution in [0.25, 0.3) is 0 Å². The number of esters is 1. The maximum Gasteiger partial charge on any atom is 0.407 e. The molecule has 0 aromatic carbocycles. The van der Waals surface area contributed by atoms with Crippen LogP contribution in [0.5, 0.6) is 0 Å². The highest BCUT2D eigenvalue weighted by molar-refractivity contribution is 5.76. The molecule has 4 saturated heterocycles. The van der Waals surface area contributed by atoms with Gasteiger partial charge in [0.15, 0.2) is 6.10 Å². The Bertz CT molecular complexity index is 1250. The Hall–Kier alpha value is -3.06. The van der Waals surface area contributed by atoms with E-state index in [2.05, 4.69) is 30.6 Å². The Balaban J connectivity index is 1.32. The minimum Gasteiger partial charge on any atom is -0.465 e. The van der Waals surface area contributed by atoms with Crippen LogP contribution in [0.15, 0.2) is 36.0 Å². The van der Waals surface area contributed by atoms with Gasteiger partial charge in [0, 0.05) is 44.6 Å². The Morgan fingerprint density at radius 1 is 1.16 bits per heavy atom. The fourth-order valence-electron chi connectivity index (χ4n) is 7.58. The van der Waals surface area contributed by atoms with E-state index in [-0.39, 0.29) is 60.6 Å². The third-order valence-corrected chi connectivity index (χ3v) is 10.4. The van der Waals surface area contributed by atoms with Gasteiger partial charge in [-0.25, -0.2) is 4.79 Å². The fraction of sp³-hybridized carbons (Fsp3) is 0.730. The number of hydrogen-bond donors (Lipinski definition) is 3. The largest absolute Gasteiger partial charge is 0.465 e. The van der Waals surface area contributed by atoms with Gasteiger partial charge in [0.1, 0.15) is 18.0 Å². The van der Waals surface area contributed by atoms with Gasteiger partial charge in [-0.2, -0.15) is 0 Å². The predicted molar refractivity (Wildman–Crippen MR) is 184 cm³/mol. The first-order valence-corrected chi connectivity index (χ1v) is 18.0. The average molecular weight is 688 g/mol. The summed E-state index contributed by atoms with van der Waals surface area (Å²) in [7, 11) is 0. The van der Waals surface area contributed by atoms with E-state index >= 15 is 0 Å². The zero-order chi connectivity index (χ0) is 35.7. The lowest BCUT2D eigenvalue weighted by atomic mass is 9.86. The summed E-state index contributed by atoms with van der Waals surface area (Å²) in [6.07, 6.45) is 12.3. The number of rotatable bonds is 14. The molecule has 0 aromatic heterocycles. The van der Waals surface area contributed by atoms with E-state index in [1.54, 1.807) is 6.08 Å². The van der Waals surface area contributed by atoms with Crippen molar-refractivity contribution >= 4 is 24.3 Å². The summed E-state index contributed by atoms with van der Waals surface area (Å²) in [5.41, 5.74) is 0.390. The number of nitrogens with one attached hydrogen (secondary N) is 2. The number of nitrogens with zero attached hydrogens (tertiary/aromatic N) is 1. The number of carboxylic acid groups (broad SMARTS) is 1. The SMILES string of the molecule is CCCNC(=O)C[C@@H]1C[C@@]2(CO2)[C@H](OC(C)=O)[C@@H](C=CC(C)=CC[C@@H]2O[C@H](C)[C@H](NC3CC[C@@H](C(C)C=CC=O)N(C(=O)O)C3)C[C@@H]2C)O1. The molecule has 0 bridgehead atoms. The Morgan fingerprint density at radius 3 is 2.57 bits per heavy atom. The van der Waals surface area contributed by atoms with Gasteiger partial charge >= 0.3 is 12.1 Å². The molecule has 0 aliphatic carbocycles. The third-order valence-electron chi connectivity index (χ3n) is 10.4. The maximum absolute atomic E-state index is 12.4. The van der Waals surface area contributed by atoms with Crippen LogP contribution in [0, 0.1) is 11.8 Å². The summed E-state index contributed by atoms with van der Waals surface area (Å²) >= 11 is 0. The lowest BCUT2D eigenvalue weighted by Crippen LogP contribution is -2.59. The van der Waals surface area contributed by atoms with Crippen LogP contribution in [0.4, 0.5) is 4.79 Å². The first-order chi connectivity index (χ1) is 23.3. The zero-order valence-corrected chi connectivity index (χ0v) is 30.0. The minimum absolute atomic E-state index is 0.0296. The Kier molecular flexibility index (Phi) is 14.0. The lowest BCUT2D eigenvalue weighted by molar-refractivity contribution is -0.179. The standard InChI is InChI=1S/C37H57N3O9/c1-7-16-38-34(43)19-29-20-37(22-46-37)35(48-27(6)42)33(49-29)15-11-23(2)10-14-32-25(4)18-30(26(5)47-32)39-28-12-13-31(24(3)9-8-17-41)40(21-28)36(44)45/h8-11,15,17,24-26,28-33,35,39H,7,12-14,16,18-22H2,1-6H3,(H,38,43)(H,44,45)/t24?,25-,26+,28?,29+,30+,31-,32-,33+,35+,37+/m0/s1. The van der Waals surface area contributed by atoms with Crippen molar-refractivity contribution in [3.63, 3.8) is 0 Å². The average Bonchev–Trinajstić information content (AvgIpc) is 3.83. The number of aldehydes is 1. The van der Waals surface area contributed by atoms with Crippen molar-refractivity contribution in [2.24, 2.45) is 11.8 Å². The summed E-state index contributed by atoms with van der Waals surface area (Å²) in [6.45, 7) is 13.1. The minimum atomic E-state index is -0.938. The molecule has 11 atom stereocenters. The van der Waals surface area contributed by atoms with Gasteiger partial charge in [-0.3, -0.25) is 14.4 Å². The number of likely N-dealkylation sites (tertiary alicyclic amines) is 1. The van der Waals surface area contributed by atoms with E-state index in [1.165, 1.54) is 17.9 Å². The van der Waals surface area contributed by atoms with Crippen molar-refractivity contribution in [3.8, 4) is 0 Å². The zero-order valence-electron chi connectivity index (χ0n) is 30.0. The highest BCUT2D eigenvalue weighted by Gasteiger charge is 2.60. The van der Waals surface area contributed by atoms with Gasteiger partial charge in [0.25, 0.3) is 0 Å². The second-order valence-corrected chi connectivity index (χ2v) is 14.4. The Morgan fingerprint density at radius 2 is 1.92 bits per heavy atom. The molecule has 2 amide bonds. The van der Waals surface area contributed by atoms with Crippen molar-refractivity contribution < 1.29 is 43.2 Å². The smallest absolute Gasteiger partial charge is 0.407 e. The van der Waals surface area contributed by atoms with E-state index in [9.17, 15) is 24.3 Å². The lowest BCUT2D eigenvalue weighted by Gasteiger charge is -2.44. The highest BCUT2D eigenvalue weighted by Crippen LogP contribution is 2.45. The molecule has 4 rings (SSSR count). The summed E-state index contributed by atoms with van der Waals surface area (Å²) in [4.78, 5) is 48.8. The molecule has 12 heteroatoms. The number of allylic oxidation sites excluding steroid dienone is 3. The number of epoxide rings is 1. The van der Waals surface area contributed by atoms with Crippen LogP contribution in [0.3, 0.4) is 0 Å². The molecule has 49 heavy (non-hydrogen) atoms. The molecule has 2 unspecified atom stereocenters. The number of carbonyl (C=O) groups excluding carboxylic acids is 3.